The largest absolute Gasteiger partial charge is 0.302 e. The van der Waals surface area contributed by atoms with Gasteiger partial charge in [0.1, 0.15) is 0 Å². The summed E-state index contributed by atoms with van der Waals surface area (Å²) in [5, 5.41) is 13.1. The third-order valence-corrected chi connectivity index (χ3v) is 6.84. The molecule has 3 nitrogen and oxygen atoms in total. The fourth-order valence-corrected chi connectivity index (χ4v) is 4.61. The first-order chi connectivity index (χ1) is 12.0. The average Bonchev–Trinajstić information content (AvgIpc) is 3.22. The highest BCUT2D eigenvalue weighted by Gasteiger charge is 2.15. The van der Waals surface area contributed by atoms with Gasteiger partial charge in [-0.25, -0.2) is 0 Å². The number of aromatic nitrogens is 3. The molecule has 0 aliphatic heterocycles. The number of rotatable bonds is 6. The quantitative estimate of drug-likeness (QED) is 0.420. The summed E-state index contributed by atoms with van der Waals surface area (Å²) < 4.78 is 2.16. The van der Waals surface area contributed by atoms with E-state index in [1.807, 2.05) is 18.2 Å². The third-order valence-electron chi connectivity index (χ3n) is 3.83. The maximum absolute atomic E-state index is 6.09. The molecule has 0 unspecified atom stereocenters. The Kier molecular flexibility index (Phi) is 6.10. The Morgan fingerprint density at radius 2 is 1.96 bits per heavy atom. The predicted molar refractivity (Wildman–Crippen MR) is 109 cm³/mol. The normalized spacial score (nSPS) is 11.4. The maximum Gasteiger partial charge on any atom is 0.191 e. The molecule has 7 heteroatoms. The van der Waals surface area contributed by atoms with E-state index >= 15 is 0 Å². The van der Waals surface area contributed by atoms with Gasteiger partial charge >= 0.3 is 0 Å². The Labute approximate surface area is 166 Å². The van der Waals surface area contributed by atoms with Crippen molar-refractivity contribution >= 4 is 46.3 Å². The molecule has 25 heavy (non-hydrogen) atoms. The molecule has 0 saturated heterocycles. The molecule has 2 aromatic heterocycles. The second kappa shape index (κ2) is 8.12. The Morgan fingerprint density at radius 3 is 2.60 bits per heavy atom. The van der Waals surface area contributed by atoms with Crippen LogP contribution in [0.25, 0.3) is 11.4 Å². The van der Waals surface area contributed by atoms with Crippen molar-refractivity contribution < 1.29 is 0 Å². The molecular weight excluding hydrogens is 393 g/mol. The van der Waals surface area contributed by atoms with E-state index < -0.39 is 0 Å². The van der Waals surface area contributed by atoms with E-state index in [0.717, 1.165) is 34.4 Å². The van der Waals surface area contributed by atoms with E-state index in [0.29, 0.717) is 16.0 Å². The second-order valence-corrected chi connectivity index (χ2v) is 8.68. The van der Waals surface area contributed by atoms with Gasteiger partial charge in [0, 0.05) is 28.1 Å². The molecule has 0 radical (unpaired) electrons. The van der Waals surface area contributed by atoms with Gasteiger partial charge in [-0.3, -0.25) is 0 Å². The molecule has 0 spiro atoms. The van der Waals surface area contributed by atoms with Gasteiger partial charge in [0.25, 0.3) is 0 Å². The van der Waals surface area contributed by atoms with Crippen LogP contribution in [-0.4, -0.2) is 14.8 Å². The summed E-state index contributed by atoms with van der Waals surface area (Å²) in [6.45, 7) is 7.36. The highest BCUT2D eigenvalue weighted by molar-refractivity contribution is 7.98. The van der Waals surface area contributed by atoms with Crippen LogP contribution in [0.2, 0.25) is 10.0 Å². The van der Waals surface area contributed by atoms with Crippen LogP contribution in [-0.2, 0) is 12.3 Å². The Morgan fingerprint density at radius 1 is 1.16 bits per heavy atom. The molecule has 0 amide bonds. The fraction of sp³-hybridized carbons (Fsp3) is 0.333. The first-order valence-electron chi connectivity index (χ1n) is 8.08. The first-order valence-corrected chi connectivity index (χ1v) is 10.7. The Hall–Kier alpha value is -1.01. The molecule has 0 atom stereocenters. The van der Waals surface area contributed by atoms with Crippen LogP contribution in [0, 0.1) is 0 Å². The van der Waals surface area contributed by atoms with Crippen LogP contribution in [0.4, 0.5) is 0 Å². The summed E-state index contributed by atoms with van der Waals surface area (Å²) in [6, 6.07) is 7.94. The number of thioether (sulfide) groups is 1. The number of benzene rings is 1. The molecule has 2 heterocycles. The van der Waals surface area contributed by atoms with Crippen molar-refractivity contribution in [1.29, 1.82) is 0 Å². The molecule has 3 aromatic rings. The van der Waals surface area contributed by atoms with Crippen LogP contribution < -0.4 is 0 Å². The minimum absolute atomic E-state index is 0.528. The van der Waals surface area contributed by atoms with E-state index in [4.69, 9.17) is 23.2 Å². The number of halogens is 2. The van der Waals surface area contributed by atoms with Gasteiger partial charge in [-0.2, -0.15) is 0 Å². The molecule has 0 aliphatic carbocycles. The van der Waals surface area contributed by atoms with E-state index in [1.165, 1.54) is 4.88 Å². The molecule has 0 N–H and O–H groups in total. The van der Waals surface area contributed by atoms with Crippen LogP contribution in [0.3, 0.4) is 0 Å². The number of thiophene rings is 1. The maximum atomic E-state index is 6.09. The monoisotopic (exact) mass is 411 g/mol. The zero-order valence-corrected chi connectivity index (χ0v) is 17.4. The molecule has 1 aromatic carbocycles. The van der Waals surface area contributed by atoms with Crippen molar-refractivity contribution in [2.24, 2.45) is 0 Å². The lowest BCUT2D eigenvalue weighted by atomic mass is 10.1. The average molecular weight is 412 g/mol. The van der Waals surface area contributed by atoms with Crippen molar-refractivity contribution in [2.75, 3.05) is 0 Å². The van der Waals surface area contributed by atoms with E-state index in [9.17, 15) is 0 Å². The zero-order valence-electron chi connectivity index (χ0n) is 14.3. The number of hydrogen-bond donors (Lipinski definition) is 0. The summed E-state index contributed by atoms with van der Waals surface area (Å²) in [4.78, 5) is 1.37. The molecule has 0 aliphatic rings. The number of nitrogens with zero attached hydrogens (tertiary/aromatic N) is 3. The summed E-state index contributed by atoms with van der Waals surface area (Å²) in [7, 11) is 0. The zero-order chi connectivity index (χ0) is 18.0. The van der Waals surface area contributed by atoms with Crippen molar-refractivity contribution in [3.05, 3.63) is 50.1 Å². The Balaban J connectivity index is 1.80. The van der Waals surface area contributed by atoms with E-state index in [1.54, 1.807) is 23.1 Å². The molecule has 132 valence electrons. The minimum Gasteiger partial charge on any atom is -0.302 e. The van der Waals surface area contributed by atoms with Gasteiger partial charge < -0.3 is 4.57 Å². The van der Waals surface area contributed by atoms with Gasteiger partial charge in [-0.05, 0) is 36.6 Å². The molecule has 0 fully saturated rings. The van der Waals surface area contributed by atoms with Crippen molar-refractivity contribution in [1.82, 2.24) is 14.8 Å². The predicted octanol–water partition coefficient (Wildman–Crippen LogP) is 6.75. The highest BCUT2D eigenvalue weighted by atomic mass is 35.5. The standard InChI is InChI=1S/C18H19Cl2N3S2/c1-4-23-17(13-8-16(11(2)3)24-10-13)21-22-18(23)25-9-12-5-6-14(19)15(20)7-12/h5-8,10-11H,4,9H2,1-3H3. The van der Waals surface area contributed by atoms with Gasteiger partial charge in [0.15, 0.2) is 11.0 Å². The minimum atomic E-state index is 0.528. The van der Waals surface area contributed by atoms with Crippen LogP contribution in [0.5, 0.6) is 0 Å². The lowest BCUT2D eigenvalue weighted by Crippen LogP contribution is -1.99. The van der Waals surface area contributed by atoms with Crippen molar-refractivity contribution in [3.8, 4) is 11.4 Å². The van der Waals surface area contributed by atoms with Gasteiger partial charge in [0.2, 0.25) is 0 Å². The first kappa shape index (κ1) is 18.8. The summed E-state index contributed by atoms with van der Waals surface area (Å²) in [5.74, 6) is 2.23. The topological polar surface area (TPSA) is 30.7 Å². The van der Waals surface area contributed by atoms with E-state index in [-0.39, 0.29) is 0 Å². The van der Waals surface area contributed by atoms with Crippen molar-refractivity contribution in [3.63, 3.8) is 0 Å². The summed E-state index contributed by atoms with van der Waals surface area (Å²) in [5.41, 5.74) is 2.26. The van der Waals surface area contributed by atoms with Gasteiger partial charge in [-0.15, -0.1) is 21.5 Å². The molecule has 0 saturated carbocycles. The third kappa shape index (κ3) is 4.22. The molecule has 0 bridgehead atoms. The van der Waals surface area contributed by atoms with Crippen molar-refractivity contribution in [2.45, 2.75) is 44.1 Å². The SMILES string of the molecule is CCn1c(SCc2ccc(Cl)c(Cl)c2)nnc1-c1csc(C(C)C)c1. The fourth-order valence-electron chi connectivity index (χ4n) is 2.44. The highest BCUT2D eigenvalue weighted by Crippen LogP contribution is 2.32. The lowest BCUT2D eigenvalue weighted by molar-refractivity contribution is 0.687. The van der Waals surface area contributed by atoms with Crippen LogP contribution in [0.15, 0.2) is 34.8 Å². The Bertz CT molecular complexity index is 871. The van der Waals surface area contributed by atoms with Gasteiger partial charge in [0.05, 0.1) is 10.0 Å². The number of hydrogen-bond acceptors (Lipinski definition) is 4. The van der Waals surface area contributed by atoms with E-state index in [2.05, 4.69) is 47.0 Å². The van der Waals surface area contributed by atoms with Crippen LogP contribution in [0.1, 0.15) is 37.1 Å². The molecular formula is C18H19Cl2N3S2. The lowest BCUT2D eigenvalue weighted by Gasteiger charge is -2.07. The smallest absolute Gasteiger partial charge is 0.191 e. The summed E-state index contributed by atoms with van der Waals surface area (Å²) in [6.07, 6.45) is 0. The van der Waals surface area contributed by atoms with Gasteiger partial charge in [-0.1, -0.05) is 54.9 Å². The molecule has 3 rings (SSSR count). The second-order valence-electron chi connectivity index (χ2n) is 5.98. The summed E-state index contributed by atoms with van der Waals surface area (Å²) >= 11 is 15.5. The van der Waals surface area contributed by atoms with Crippen LogP contribution >= 0.6 is 46.3 Å².